The molecule has 128 valence electrons. The van der Waals surface area contributed by atoms with Crippen molar-refractivity contribution in [3.05, 3.63) is 35.3 Å². The minimum absolute atomic E-state index is 0.274. The Bertz CT molecular complexity index is 813. The van der Waals surface area contributed by atoms with Gasteiger partial charge in [0.15, 0.2) is 5.13 Å². The van der Waals surface area contributed by atoms with Crippen LogP contribution in [-0.4, -0.2) is 43.4 Å². The van der Waals surface area contributed by atoms with Gasteiger partial charge in [0.25, 0.3) is 0 Å². The van der Waals surface area contributed by atoms with Crippen molar-refractivity contribution in [3.63, 3.8) is 0 Å². The number of rotatable bonds is 4. The molecular formula is C16H19N3O3S2. The summed E-state index contributed by atoms with van der Waals surface area (Å²) in [7, 11) is -3.43. The SMILES string of the molecule is O=S(=O)(c1ccc2c(c1)CCO2)N1CCC(Nc2nccs2)CC1. The van der Waals surface area contributed by atoms with E-state index in [0.717, 1.165) is 35.7 Å². The van der Waals surface area contributed by atoms with Gasteiger partial charge in [-0.25, -0.2) is 13.4 Å². The maximum Gasteiger partial charge on any atom is 0.243 e. The number of anilines is 1. The molecule has 2 aliphatic heterocycles. The van der Waals surface area contributed by atoms with Crippen LogP contribution in [0.4, 0.5) is 5.13 Å². The van der Waals surface area contributed by atoms with Crippen LogP contribution in [0.25, 0.3) is 0 Å². The average molecular weight is 365 g/mol. The van der Waals surface area contributed by atoms with Gasteiger partial charge in [-0.3, -0.25) is 0 Å². The Balaban J connectivity index is 1.44. The van der Waals surface area contributed by atoms with Gasteiger partial charge >= 0.3 is 0 Å². The number of piperidine rings is 1. The zero-order chi connectivity index (χ0) is 16.6. The molecule has 24 heavy (non-hydrogen) atoms. The van der Waals surface area contributed by atoms with Crippen LogP contribution >= 0.6 is 11.3 Å². The Morgan fingerprint density at radius 2 is 2.12 bits per heavy atom. The number of hydrogen-bond donors (Lipinski definition) is 1. The van der Waals surface area contributed by atoms with E-state index in [1.54, 1.807) is 40.0 Å². The van der Waals surface area contributed by atoms with Crippen LogP contribution in [0.5, 0.6) is 5.75 Å². The van der Waals surface area contributed by atoms with Gasteiger partial charge in [0.05, 0.1) is 11.5 Å². The Labute approximate surface area is 145 Å². The lowest BCUT2D eigenvalue weighted by Crippen LogP contribution is -2.42. The number of aromatic nitrogens is 1. The highest BCUT2D eigenvalue weighted by atomic mass is 32.2. The highest BCUT2D eigenvalue weighted by Gasteiger charge is 2.30. The molecule has 0 radical (unpaired) electrons. The Morgan fingerprint density at radius 1 is 1.29 bits per heavy atom. The van der Waals surface area contributed by atoms with Crippen LogP contribution in [-0.2, 0) is 16.4 Å². The predicted octanol–water partition coefficient (Wildman–Crippen LogP) is 2.34. The van der Waals surface area contributed by atoms with Crippen molar-refractivity contribution in [2.45, 2.75) is 30.2 Å². The van der Waals surface area contributed by atoms with E-state index in [1.165, 1.54) is 0 Å². The largest absolute Gasteiger partial charge is 0.493 e. The molecule has 8 heteroatoms. The van der Waals surface area contributed by atoms with E-state index < -0.39 is 10.0 Å². The highest BCUT2D eigenvalue weighted by molar-refractivity contribution is 7.89. The molecule has 6 nitrogen and oxygen atoms in total. The normalized spacial score (nSPS) is 19.0. The number of hydrogen-bond acceptors (Lipinski definition) is 6. The fourth-order valence-electron chi connectivity index (χ4n) is 3.18. The summed E-state index contributed by atoms with van der Waals surface area (Å²) in [6, 6.07) is 5.46. The van der Waals surface area contributed by atoms with Gasteiger partial charge in [-0.2, -0.15) is 4.31 Å². The molecule has 3 heterocycles. The number of thiazole rings is 1. The second kappa shape index (κ2) is 6.34. The monoisotopic (exact) mass is 365 g/mol. The predicted molar refractivity (Wildman–Crippen MR) is 93.2 cm³/mol. The maximum atomic E-state index is 12.9. The smallest absolute Gasteiger partial charge is 0.243 e. The summed E-state index contributed by atoms with van der Waals surface area (Å²) < 4.78 is 32.8. The second-order valence-electron chi connectivity index (χ2n) is 6.03. The lowest BCUT2D eigenvalue weighted by molar-refractivity contribution is 0.329. The second-order valence-corrected chi connectivity index (χ2v) is 8.86. The van der Waals surface area contributed by atoms with E-state index in [9.17, 15) is 8.42 Å². The molecule has 1 aromatic carbocycles. The summed E-state index contributed by atoms with van der Waals surface area (Å²) >= 11 is 1.57. The lowest BCUT2D eigenvalue weighted by Gasteiger charge is -2.31. The molecule has 2 aliphatic rings. The fraction of sp³-hybridized carbons (Fsp3) is 0.438. The van der Waals surface area contributed by atoms with Crippen molar-refractivity contribution in [1.29, 1.82) is 0 Å². The quantitative estimate of drug-likeness (QED) is 0.900. The third-order valence-electron chi connectivity index (χ3n) is 4.51. The zero-order valence-electron chi connectivity index (χ0n) is 13.1. The van der Waals surface area contributed by atoms with Crippen molar-refractivity contribution in [1.82, 2.24) is 9.29 Å². The lowest BCUT2D eigenvalue weighted by atomic mass is 10.1. The summed E-state index contributed by atoms with van der Waals surface area (Å²) in [6.07, 6.45) is 4.11. The van der Waals surface area contributed by atoms with E-state index >= 15 is 0 Å². The van der Waals surface area contributed by atoms with Crippen LogP contribution in [0.2, 0.25) is 0 Å². The first-order valence-corrected chi connectivity index (χ1v) is 10.4. The minimum Gasteiger partial charge on any atom is -0.493 e. The van der Waals surface area contributed by atoms with Gasteiger partial charge in [0.2, 0.25) is 10.0 Å². The Hall–Kier alpha value is -1.64. The molecule has 1 aromatic heterocycles. The summed E-state index contributed by atoms with van der Waals surface area (Å²) in [4.78, 5) is 4.60. The molecule has 0 amide bonds. The standard InChI is InChI=1S/C16H19N3O3S2/c20-24(21,14-1-2-15-12(11-14)5-9-22-15)19-7-3-13(4-8-19)18-16-17-6-10-23-16/h1-2,6,10-11,13H,3-5,7-9H2,(H,17,18). The molecule has 4 rings (SSSR count). The van der Waals surface area contributed by atoms with Crippen LogP contribution < -0.4 is 10.1 Å². The number of ether oxygens (including phenoxy) is 1. The minimum atomic E-state index is -3.43. The number of benzene rings is 1. The van der Waals surface area contributed by atoms with Crippen molar-refractivity contribution in [2.24, 2.45) is 0 Å². The molecule has 1 saturated heterocycles. The zero-order valence-corrected chi connectivity index (χ0v) is 14.8. The molecule has 0 atom stereocenters. The molecular weight excluding hydrogens is 346 g/mol. The first-order valence-electron chi connectivity index (χ1n) is 8.05. The Kier molecular flexibility index (Phi) is 4.19. The van der Waals surface area contributed by atoms with Crippen LogP contribution in [0.1, 0.15) is 18.4 Å². The van der Waals surface area contributed by atoms with E-state index in [0.29, 0.717) is 24.6 Å². The maximum absolute atomic E-state index is 12.9. The molecule has 0 spiro atoms. The Morgan fingerprint density at radius 3 is 2.88 bits per heavy atom. The van der Waals surface area contributed by atoms with Gasteiger partial charge in [0, 0.05) is 37.1 Å². The van der Waals surface area contributed by atoms with Crippen molar-refractivity contribution >= 4 is 26.5 Å². The molecule has 1 fully saturated rings. The number of sulfonamides is 1. The molecule has 0 aliphatic carbocycles. The van der Waals surface area contributed by atoms with E-state index in [4.69, 9.17) is 4.74 Å². The summed E-state index contributed by atoms with van der Waals surface area (Å²) in [6.45, 7) is 1.69. The number of nitrogens with one attached hydrogen (secondary N) is 1. The average Bonchev–Trinajstić information content (AvgIpc) is 3.25. The topological polar surface area (TPSA) is 71.5 Å². The summed E-state index contributed by atoms with van der Waals surface area (Å²) in [5, 5.41) is 6.20. The number of fused-ring (bicyclic) bond motifs is 1. The van der Waals surface area contributed by atoms with Crippen LogP contribution in [0.15, 0.2) is 34.7 Å². The molecule has 0 saturated carbocycles. The fourth-order valence-corrected chi connectivity index (χ4v) is 5.31. The van der Waals surface area contributed by atoms with Gasteiger partial charge in [-0.05, 0) is 36.6 Å². The van der Waals surface area contributed by atoms with E-state index in [-0.39, 0.29) is 6.04 Å². The van der Waals surface area contributed by atoms with Crippen molar-refractivity contribution < 1.29 is 13.2 Å². The van der Waals surface area contributed by atoms with Gasteiger partial charge in [0.1, 0.15) is 5.75 Å². The van der Waals surface area contributed by atoms with Crippen molar-refractivity contribution in [2.75, 3.05) is 25.0 Å². The molecule has 0 bridgehead atoms. The van der Waals surface area contributed by atoms with E-state index in [2.05, 4.69) is 10.3 Å². The van der Waals surface area contributed by atoms with Crippen LogP contribution in [0, 0.1) is 0 Å². The first kappa shape index (κ1) is 15.9. The summed E-state index contributed by atoms with van der Waals surface area (Å²) in [5.41, 5.74) is 0.983. The summed E-state index contributed by atoms with van der Waals surface area (Å²) in [5.74, 6) is 0.806. The van der Waals surface area contributed by atoms with Gasteiger partial charge in [-0.1, -0.05) is 0 Å². The van der Waals surface area contributed by atoms with E-state index in [1.807, 2.05) is 5.38 Å². The highest BCUT2D eigenvalue weighted by Crippen LogP contribution is 2.30. The van der Waals surface area contributed by atoms with Gasteiger partial charge in [-0.15, -0.1) is 11.3 Å². The van der Waals surface area contributed by atoms with Crippen molar-refractivity contribution in [3.8, 4) is 5.75 Å². The first-order chi connectivity index (χ1) is 11.6. The molecule has 0 unspecified atom stereocenters. The third-order valence-corrected chi connectivity index (χ3v) is 7.11. The van der Waals surface area contributed by atoms with Gasteiger partial charge < -0.3 is 10.1 Å². The van der Waals surface area contributed by atoms with Crippen LogP contribution in [0.3, 0.4) is 0 Å². The third kappa shape index (κ3) is 3.01. The molecule has 1 N–H and O–H groups in total. The number of nitrogens with zero attached hydrogens (tertiary/aromatic N) is 2. The molecule has 2 aromatic rings.